The van der Waals surface area contributed by atoms with Crippen molar-refractivity contribution in [1.82, 2.24) is 5.32 Å². The lowest BCUT2D eigenvalue weighted by Crippen LogP contribution is -2.45. The van der Waals surface area contributed by atoms with Gasteiger partial charge in [0.05, 0.1) is 0 Å². The second-order valence-electron chi connectivity index (χ2n) is 4.61. The minimum atomic E-state index is -0.756. The van der Waals surface area contributed by atoms with E-state index in [9.17, 15) is 4.79 Å². The van der Waals surface area contributed by atoms with Gasteiger partial charge in [0.25, 0.3) is 0 Å². The number of aliphatic carboxylic acids is 1. The molecule has 1 aromatic carbocycles. The highest BCUT2D eigenvalue weighted by Crippen LogP contribution is 2.34. The highest BCUT2D eigenvalue weighted by atomic mass is 79.9. The zero-order chi connectivity index (χ0) is 12.4. The zero-order valence-corrected chi connectivity index (χ0v) is 11.3. The smallest absolute Gasteiger partial charge is 0.320 e. The van der Waals surface area contributed by atoms with Crippen LogP contribution in [-0.4, -0.2) is 17.1 Å². The summed E-state index contributed by atoms with van der Waals surface area (Å²) in [5, 5.41) is 12.3. The molecule has 2 rings (SSSR count). The van der Waals surface area contributed by atoms with Gasteiger partial charge in [-0.3, -0.25) is 10.1 Å². The topological polar surface area (TPSA) is 49.3 Å². The predicted molar refractivity (Wildman–Crippen MR) is 69.8 cm³/mol. The number of benzene rings is 1. The second-order valence-corrected chi connectivity index (χ2v) is 5.47. The summed E-state index contributed by atoms with van der Waals surface area (Å²) in [6.45, 7) is 2.16. The third-order valence-electron chi connectivity index (χ3n) is 3.40. The van der Waals surface area contributed by atoms with Crippen LogP contribution in [0.1, 0.15) is 31.4 Å². The lowest BCUT2D eigenvalue weighted by Gasteiger charge is -2.34. The van der Waals surface area contributed by atoms with Crippen molar-refractivity contribution in [3.8, 4) is 0 Å². The Hall–Kier alpha value is -0.870. The molecule has 1 fully saturated rings. The second kappa shape index (κ2) is 5.19. The maximum absolute atomic E-state index is 11.0. The number of hydrogen-bond acceptors (Lipinski definition) is 2. The van der Waals surface area contributed by atoms with E-state index >= 15 is 0 Å². The van der Waals surface area contributed by atoms with E-state index in [4.69, 9.17) is 5.11 Å². The van der Waals surface area contributed by atoms with Crippen LogP contribution >= 0.6 is 15.9 Å². The Morgan fingerprint density at radius 2 is 2.12 bits per heavy atom. The molecule has 0 aliphatic carbocycles. The Balaban J connectivity index is 2.24. The van der Waals surface area contributed by atoms with Crippen LogP contribution in [0.25, 0.3) is 0 Å². The highest BCUT2D eigenvalue weighted by Gasteiger charge is 2.32. The Morgan fingerprint density at radius 1 is 1.41 bits per heavy atom. The Labute approximate surface area is 109 Å². The summed E-state index contributed by atoms with van der Waals surface area (Å²) in [6, 6.07) is 7.68. The molecule has 1 saturated heterocycles. The largest absolute Gasteiger partial charge is 0.480 e. The summed E-state index contributed by atoms with van der Waals surface area (Å²) in [7, 11) is 0. The van der Waals surface area contributed by atoms with E-state index < -0.39 is 12.0 Å². The molecule has 0 saturated carbocycles. The van der Waals surface area contributed by atoms with Crippen LogP contribution in [0.4, 0.5) is 0 Å². The summed E-state index contributed by atoms with van der Waals surface area (Å²) in [4.78, 5) is 11.0. The van der Waals surface area contributed by atoms with Crippen molar-refractivity contribution in [3.63, 3.8) is 0 Å². The molecule has 4 heteroatoms. The molecule has 2 N–H and O–H groups in total. The first kappa shape index (κ1) is 12.6. The predicted octanol–water partition coefficient (Wildman–Crippen LogP) is 2.96. The van der Waals surface area contributed by atoms with Crippen LogP contribution in [0.3, 0.4) is 0 Å². The van der Waals surface area contributed by atoms with E-state index in [1.54, 1.807) is 0 Å². The highest BCUT2D eigenvalue weighted by molar-refractivity contribution is 9.10. The molecule has 1 aromatic rings. The lowest BCUT2D eigenvalue weighted by atomic mass is 9.85. The molecule has 3 nitrogen and oxygen atoms in total. The quantitative estimate of drug-likeness (QED) is 0.882. The first-order valence-electron chi connectivity index (χ1n) is 5.83. The number of carboxylic acids is 1. The SMILES string of the molecule is C[C@H]1CC[C@@H](C(=O)O)N[C@@H]1c1ccccc1Br. The number of piperidine rings is 1. The third kappa shape index (κ3) is 2.69. The lowest BCUT2D eigenvalue weighted by molar-refractivity contribution is -0.140. The molecule has 92 valence electrons. The molecular formula is C13H16BrNO2. The summed E-state index contributed by atoms with van der Waals surface area (Å²) in [5.74, 6) is -0.307. The van der Waals surface area contributed by atoms with Gasteiger partial charge >= 0.3 is 5.97 Å². The Kier molecular flexibility index (Phi) is 3.84. The van der Waals surface area contributed by atoms with Crippen LogP contribution in [0, 0.1) is 5.92 Å². The standard InChI is InChI=1S/C13H16BrNO2/c1-8-6-7-11(13(16)17)15-12(8)9-4-2-3-5-10(9)14/h2-5,8,11-12,15H,6-7H2,1H3,(H,16,17)/t8-,11-,12-/m0/s1. The minimum Gasteiger partial charge on any atom is -0.480 e. The molecule has 0 amide bonds. The molecule has 0 unspecified atom stereocenters. The van der Waals surface area contributed by atoms with Gasteiger partial charge in [-0.05, 0) is 30.4 Å². The van der Waals surface area contributed by atoms with Gasteiger partial charge < -0.3 is 5.11 Å². The Bertz CT molecular complexity index is 422. The van der Waals surface area contributed by atoms with Gasteiger partial charge in [-0.2, -0.15) is 0 Å². The first-order valence-corrected chi connectivity index (χ1v) is 6.62. The fourth-order valence-electron chi connectivity index (χ4n) is 2.38. The van der Waals surface area contributed by atoms with Gasteiger partial charge in [0.15, 0.2) is 0 Å². The third-order valence-corrected chi connectivity index (χ3v) is 4.12. The van der Waals surface area contributed by atoms with Gasteiger partial charge in [-0.25, -0.2) is 0 Å². The number of nitrogens with one attached hydrogen (secondary N) is 1. The Morgan fingerprint density at radius 3 is 2.76 bits per heavy atom. The zero-order valence-electron chi connectivity index (χ0n) is 9.69. The van der Waals surface area contributed by atoms with Crippen LogP contribution in [-0.2, 0) is 4.79 Å². The maximum atomic E-state index is 11.0. The molecule has 3 atom stereocenters. The van der Waals surface area contributed by atoms with Gasteiger partial charge in [-0.15, -0.1) is 0 Å². The van der Waals surface area contributed by atoms with Crippen molar-refractivity contribution < 1.29 is 9.90 Å². The van der Waals surface area contributed by atoms with Crippen molar-refractivity contribution in [3.05, 3.63) is 34.3 Å². The number of hydrogen-bond donors (Lipinski definition) is 2. The first-order chi connectivity index (χ1) is 8.09. The number of rotatable bonds is 2. The van der Waals surface area contributed by atoms with E-state index in [0.29, 0.717) is 12.3 Å². The molecule has 0 bridgehead atoms. The van der Waals surface area contributed by atoms with Crippen LogP contribution in [0.5, 0.6) is 0 Å². The normalized spacial score (nSPS) is 28.9. The van der Waals surface area contributed by atoms with Gasteiger partial charge in [0, 0.05) is 10.5 Å². The van der Waals surface area contributed by atoms with Crippen LogP contribution in [0.2, 0.25) is 0 Å². The average molecular weight is 298 g/mol. The monoisotopic (exact) mass is 297 g/mol. The van der Waals surface area contributed by atoms with E-state index in [1.165, 1.54) is 0 Å². The summed E-state index contributed by atoms with van der Waals surface area (Å²) < 4.78 is 1.04. The van der Waals surface area contributed by atoms with Crippen molar-refractivity contribution in [2.24, 2.45) is 5.92 Å². The number of halogens is 1. The molecule has 1 heterocycles. The maximum Gasteiger partial charge on any atom is 0.320 e. The van der Waals surface area contributed by atoms with Crippen LogP contribution < -0.4 is 5.32 Å². The summed E-state index contributed by atoms with van der Waals surface area (Å²) in [5.41, 5.74) is 1.14. The van der Waals surface area contributed by atoms with Crippen molar-refractivity contribution in [1.29, 1.82) is 0 Å². The number of carbonyl (C=O) groups is 1. The average Bonchev–Trinajstić information content (AvgIpc) is 2.30. The van der Waals surface area contributed by atoms with E-state index in [2.05, 4.69) is 28.2 Å². The van der Waals surface area contributed by atoms with E-state index in [1.807, 2.05) is 24.3 Å². The van der Waals surface area contributed by atoms with Crippen molar-refractivity contribution >= 4 is 21.9 Å². The van der Waals surface area contributed by atoms with E-state index in [-0.39, 0.29) is 6.04 Å². The van der Waals surface area contributed by atoms with Crippen molar-refractivity contribution in [2.45, 2.75) is 31.8 Å². The molecule has 0 aromatic heterocycles. The molecule has 17 heavy (non-hydrogen) atoms. The van der Waals surface area contributed by atoms with Gasteiger partial charge in [0.2, 0.25) is 0 Å². The van der Waals surface area contributed by atoms with E-state index in [0.717, 1.165) is 16.5 Å². The van der Waals surface area contributed by atoms with Gasteiger partial charge in [-0.1, -0.05) is 41.1 Å². The summed E-state index contributed by atoms with van der Waals surface area (Å²) >= 11 is 3.53. The van der Waals surface area contributed by atoms with Crippen molar-refractivity contribution in [2.75, 3.05) is 0 Å². The molecular weight excluding hydrogens is 282 g/mol. The minimum absolute atomic E-state index is 0.112. The van der Waals surface area contributed by atoms with Crippen LogP contribution in [0.15, 0.2) is 28.7 Å². The fraction of sp³-hybridized carbons (Fsp3) is 0.462. The summed E-state index contributed by atoms with van der Waals surface area (Å²) in [6.07, 6.45) is 1.65. The molecule has 1 aliphatic rings. The fourth-order valence-corrected chi connectivity index (χ4v) is 2.91. The molecule has 0 radical (unpaired) electrons. The molecule has 1 aliphatic heterocycles. The molecule has 0 spiro atoms. The van der Waals surface area contributed by atoms with Gasteiger partial charge in [0.1, 0.15) is 6.04 Å². The number of carboxylic acid groups (broad SMARTS) is 1.